The van der Waals surface area contributed by atoms with E-state index in [0.29, 0.717) is 36.7 Å². The molecule has 1 aromatic heterocycles. The monoisotopic (exact) mass is 451 g/mol. The minimum Gasteiger partial charge on any atom is -0.354 e. The number of aliphatic imine (C=N–C) groups is 1. The fraction of sp³-hybridized carbons (Fsp3) is 0.318. The van der Waals surface area contributed by atoms with E-state index in [9.17, 15) is 8.42 Å². The van der Waals surface area contributed by atoms with E-state index in [1.807, 2.05) is 58.9 Å². The van der Waals surface area contributed by atoms with E-state index in [-0.39, 0.29) is 10.5 Å². The molecule has 0 saturated carbocycles. The molecule has 10 heteroatoms. The van der Waals surface area contributed by atoms with Gasteiger partial charge in [-0.2, -0.15) is 13.1 Å². The first kappa shape index (κ1) is 20.5. The van der Waals surface area contributed by atoms with E-state index in [1.54, 1.807) is 18.5 Å². The molecule has 0 atom stereocenters. The minimum atomic E-state index is -3.97. The lowest BCUT2D eigenvalue weighted by atomic mass is 10.1. The zero-order valence-corrected chi connectivity index (χ0v) is 19.1. The van der Waals surface area contributed by atoms with Crippen LogP contribution >= 0.6 is 0 Å². The predicted molar refractivity (Wildman–Crippen MR) is 123 cm³/mol. The highest BCUT2D eigenvalue weighted by Crippen LogP contribution is 2.24. The molecule has 3 aromatic rings. The summed E-state index contributed by atoms with van der Waals surface area (Å²) in [5.74, 6) is 1.38. The Kier molecular flexibility index (Phi) is 4.89. The van der Waals surface area contributed by atoms with Gasteiger partial charge in [0.05, 0.1) is 17.1 Å². The number of hydrogen-bond acceptors (Lipinski definition) is 6. The number of benzene rings is 2. The summed E-state index contributed by atoms with van der Waals surface area (Å²) < 4.78 is 34.8. The van der Waals surface area contributed by atoms with Crippen LogP contribution in [-0.2, 0) is 16.6 Å². The first-order valence-corrected chi connectivity index (χ1v) is 12.0. The van der Waals surface area contributed by atoms with Gasteiger partial charge in [-0.15, -0.1) is 9.50 Å². The number of rotatable bonds is 3. The smallest absolute Gasteiger partial charge is 0.286 e. The molecule has 3 heterocycles. The molecule has 5 rings (SSSR count). The zero-order chi connectivity index (χ0) is 22.5. The molecule has 32 heavy (non-hydrogen) atoms. The summed E-state index contributed by atoms with van der Waals surface area (Å²) in [6, 6.07) is 13.2. The van der Waals surface area contributed by atoms with Gasteiger partial charge in [0, 0.05) is 19.6 Å². The van der Waals surface area contributed by atoms with Crippen LogP contribution in [0.3, 0.4) is 0 Å². The highest BCUT2D eigenvalue weighted by atomic mass is 32.2. The Morgan fingerprint density at radius 1 is 1.03 bits per heavy atom. The van der Waals surface area contributed by atoms with Crippen LogP contribution in [0.4, 0.5) is 5.95 Å². The standard InChI is InChI=1S/C22H25N7O2S/c1-15-13-16(2)19(17(3)14-15)32(30,31)26-22-28-12-11-27(20-23-9-10-24-20)21(28)25-29(22)18-7-5-4-6-8-18/h4-8,13-14H,9-12H2,1-3H3,(H,23,24)/b26-22+. The van der Waals surface area contributed by atoms with Crippen molar-refractivity contribution in [3.8, 4) is 5.69 Å². The predicted octanol–water partition coefficient (Wildman–Crippen LogP) is 1.67. The third-order valence-corrected chi connectivity index (χ3v) is 7.19. The molecule has 0 saturated heterocycles. The normalized spacial score (nSPS) is 16.3. The Hall–Kier alpha value is -3.40. The van der Waals surface area contributed by atoms with Crippen LogP contribution in [0.25, 0.3) is 5.69 Å². The SMILES string of the molecule is Cc1cc(C)c(S(=O)(=O)/N=c2/n(-c3ccccc3)nc3n2CCN3C2=NCCN2)c(C)c1. The number of nitrogens with one attached hydrogen (secondary N) is 1. The number of aryl methyl sites for hydroxylation is 3. The Morgan fingerprint density at radius 2 is 1.75 bits per heavy atom. The van der Waals surface area contributed by atoms with Gasteiger partial charge in [-0.1, -0.05) is 35.9 Å². The van der Waals surface area contributed by atoms with Crippen LogP contribution in [0.15, 0.2) is 56.8 Å². The number of nitrogens with zero attached hydrogens (tertiary/aromatic N) is 6. The molecular weight excluding hydrogens is 426 g/mol. The van der Waals surface area contributed by atoms with Crippen molar-refractivity contribution in [3.05, 3.63) is 64.8 Å². The Bertz CT molecular complexity index is 1380. The van der Waals surface area contributed by atoms with Crippen LogP contribution in [0.5, 0.6) is 0 Å². The first-order chi connectivity index (χ1) is 15.3. The van der Waals surface area contributed by atoms with Crippen molar-refractivity contribution < 1.29 is 8.42 Å². The Morgan fingerprint density at radius 3 is 2.41 bits per heavy atom. The van der Waals surface area contributed by atoms with Gasteiger partial charge in [-0.05, 0) is 44.0 Å². The van der Waals surface area contributed by atoms with Crippen LogP contribution in [-0.4, -0.2) is 48.4 Å². The maximum atomic E-state index is 13.5. The molecule has 9 nitrogen and oxygen atoms in total. The van der Waals surface area contributed by atoms with Gasteiger partial charge in [0.15, 0.2) is 0 Å². The zero-order valence-electron chi connectivity index (χ0n) is 18.3. The van der Waals surface area contributed by atoms with Gasteiger partial charge >= 0.3 is 0 Å². The lowest BCUT2D eigenvalue weighted by Crippen LogP contribution is -2.38. The summed E-state index contributed by atoms with van der Waals surface area (Å²) in [4.78, 5) is 6.72. The topological polar surface area (TPSA) is 96.9 Å². The lowest BCUT2D eigenvalue weighted by Gasteiger charge is -2.15. The molecule has 0 unspecified atom stereocenters. The molecule has 0 radical (unpaired) electrons. The number of anilines is 1. The molecule has 1 N–H and O–H groups in total. The molecular formula is C22H25N7O2S. The van der Waals surface area contributed by atoms with Gasteiger partial charge in [0.25, 0.3) is 10.0 Å². The van der Waals surface area contributed by atoms with Gasteiger partial charge in [-0.25, -0.2) is 0 Å². The maximum Gasteiger partial charge on any atom is 0.286 e. The van der Waals surface area contributed by atoms with Gasteiger partial charge < -0.3 is 5.32 Å². The number of aromatic nitrogens is 3. The average molecular weight is 452 g/mol. The number of para-hydroxylation sites is 1. The molecule has 0 amide bonds. The summed E-state index contributed by atoms with van der Waals surface area (Å²) in [5, 5.41) is 8.02. The van der Waals surface area contributed by atoms with Crippen LogP contribution in [0.2, 0.25) is 0 Å². The second kappa shape index (κ2) is 7.63. The number of fused-ring (bicyclic) bond motifs is 1. The van der Waals surface area contributed by atoms with Crippen LogP contribution in [0, 0.1) is 20.8 Å². The van der Waals surface area contributed by atoms with Crippen molar-refractivity contribution in [2.24, 2.45) is 9.39 Å². The second-order valence-corrected chi connectivity index (χ2v) is 9.62. The molecule has 2 aliphatic heterocycles. The van der Waals surface area contributed by atoms with Crippen molar-refractivity contribution in [2.45, 2.75) is 32.2 Å². The summed E-state index contributed by atoms with van der Waals surface area (Å²) in [7, 11) is -3.97. The van der Waals surface area contributed by atoms with E-state index in [1.165, 1.54) is 0 Å². The van der Waals surface area contributed by atoms with Crippen LogP contribution < -0.4 is 15.8 Å². The largest absolute Gasteiger partial charge is 0.354 e. The third kappa shape index (κ3) is 3.40. The highest BCUT2D eigenvalue weighted by molar-refractivity contribution is 7.90. The molecule has 2 aliphatic rings. The molecule has 166 valence electrons. The summed E-state index contributed by atoms with van der Waals surface area (Å²) in [6.07, 6.45) is 0. The van der Waals surface area contributed by atoms with E-state index in [4.69, 9.17) is 5.10 Å². The minimum absolute atomic E-state index is 0.245. The van der Waals surface area contributed by atoms with Gasteiger partial charge in [-0.3, -0.25) is 14.5 Å². The third-order valence-electron chi connectivity index (χ3n) is 5.63. The first-order valence-electron chi connectivity index (χ1n) is 10.6. The summed E-state index contributed by atoms with van der Waals surface area (Å²) in [6.45, 7) is 8.26. The summed E-state index contributed by atoms with van der Waals surface area (Å²) in [5.41, 5.74) is 3.40. The van der Waals surface area contributed by atoms with Gasteiger partial charge in [0.2, 0.25) is 17.5 Å². The lowest BCUT2D eigenvalue weighted by molar-refractivity contribution is 0.591. The Balaban J connectivity index is 1.74. The quantitative estimate of drug-likeness (QED) is 0.653. The maximum absolute atomic E-state index is 13.5. The van der Waals surface area contributed by atoms with Crippen LogP contribution in [0.1, 0.15) is 16.7 Å². The number of hydrogen-bond donors (Lipinski definition) is 1. The van der Waals surface area contributed by atoms with E-state index in [2.05, 4.69) is 14.7 Å². The molecule has 2 aromatic carbocycles. The second-order valence-electron chi connectivity index (χ2n) is 8.08. The van der Waals surface area contributed by atoms with Crippen molar-refractivity contribution in [1.82, 2.24) is 19.7 Å². The molecule has 0 fully saturated rings. The molecule has 0 aliphatic carbocycles. The Labute approximate surface area is 186 Å². The number of sulfonamides is 1. The van der Waals surface area contributed by atoms with E-state index in [0.717, 1.165) is 23.8 Å². The molecule has 0 spiro atoms. The van der Waals surface area contributed by atoms with E-state index >= 15 is 0 Å². The van der Waals surface area contributed by atoms with Crippen molar-refractivity contribution in [1.29, 1.82) is 0 Å². The fourth-order valence-corrected chi connectivity index (χ4v) is 5.83. The van der Waals surface area contributed by atoms with Crippen molar-refractivity contribution in [2.75, 3.05) is 24.5 Å². The van der Waals surface area contributed by atoms with E-state index < -0.39 is 10.0 Å². The highest BCUT2D eigenvalue weighted by Gasteiger charge is 2.31. The van der Waals surface area contributed by atoms with Crippen molar-refractivity contribution >= 4 is 21.9 Å². The van der Waals surface area contributed by atoms with Gasteiger partial charge in [0.1, 0.15) is 0 Å². The summed E-state index contributed by atoms with van der Waals surface area (Å²) >= 11 is 0. The fourth-order valence-electron chi connectivity index (χ4n) is 4.42. The van der Waals surface area contributed by atoms with Crippen molar-refractivity contribution in [3.63, 3.8) is 0 Å². The average Bonchev–Trinajstić information content (AvgIpc) is 3.45. The number of guanidine groups is 1. The molecule has 0 bridgehead atoms.